The molecule has 34 heavy (non-hydrogen) atoms. The Morgan fingerprint density at radius 1 is 1.12 bits per heavy atom. The number of piperazine rings is 1. The molecule has 8 nitrogen and oxygen atoms in total. The Labute approximate surface area is 197 Å². The first kappa shape index (κ1) is 25.5. The molecular weight excluding hydrogens is 451 g/mol. The number of halogens is 3. The number of aryl methyl sites for hydroxylation is 1. The number of ether oxygens (including phenoxy) is 2. The van der Waals surface area contributed by atoms with Crippen LogP contribution in [0, 0.1) is 0 Å². The Morgan fingerprint density at radius 3 is 2.53 bits per heavy atom. The third kappa shape index (κ3) is 8.36. The van der Waals surface area contributed by atoms with Gasteiger partial charge in [-0.1, -0.05) is 6.07 Å². The molecular formula is C23H30F3N5O3. The molecule has 1 saturated heterocycles. The number of carbonyl (C=O) groups is 1. The van der Waals surface area contributed by atoms with Crippen molar-refractivity contribution in [3.05, 3.63) is 42.2 Å². The summed E-state index contributed by atoms with van der Waals surface area (Å²) < 4.78 is 47.0. The van der Waals surface area contributed by atoms with Crippen LogP contribution in [0.5, 0.6) is 11.5 Å². The van der Waals surface area contributed by atoms with Gasteiger partial charge in [-0.3, -0.25) is 9.69 Å². The lowest BCUT2D eigenvalue weighted by Gasteiger charge is -2.34. The molecule has 0 atom stereocenters. The van der Waals surface area contributed by atoms with Crippen molar-refractivity contribution in [2.24, 2.45) is 0 Å². The first-order valence-corrected chi connectivity index (χ1v) is 11.2. The predicted molar refractivity (Wildman–Crippen MR) is 121 cm³/mol. The number of carbonyl (C=O) groups excluding carboxylic acids is 1. The summed E-state index contributed by atoms with van der Waals surface area (Å²) in [6.07, 6.45) is 0.652. The van der Waals surface area contributed by atoms with Crippen LogP contribution in [0.3, 0.4) is 0 Å². The van der Waals surface area contributed by atoms with Crippen LogP contribution < -0.4 is 19.7 Å². The largest absolute Gasteiger partial charge is 0.493 e. The van der Waals surface area contributed by atoms with Crippen LogP contribution >= 0.6 is 0 Å². The van der Waals surface area contributed by atoms with Crippen molar-refractivity contribution in [2.45, 2.75) is 25.4 Å². The molecule has 0 spiro atoms. The van der Waals surface area contributed by atoms with Gasteiger partial charge in [-0.2, -0.15) is 13.2 Å². The molecule has 1 aliphatic heterocycles. The van der Waals surface area contributed by atoms with E-state index in [1.54, 1.807) is 30.6 Å². The topological polar surface area (TPSA) is 79.8 Å². The highest BCUT2D eigenvalue weighted by atomic mass is 19.4. The van der Waals surface area contributed by atoms with E-state index in [9.17, 15) is 18.0 Å². The summed E-state index contributed by atoms with van der Waals surface area (Å²) in [6, 6.07) is 6.47. The van der Waals surface area contributed by atoms with Gasteiger partial charge in [0.15, 0.2) is 18.1 Å². The van der Waals surface area contributed by atoms with Crippen LogP contribution in [0.25, 0.3) is 0 Å². The van der Waals surface area contributed by atoms with Crippen LogP contribution in [-0.4, -0.2) is 79.9 Å². The Morgan fingerprint density at radius 2 is 1.85 bits per heavy atom. The van der Waals surface area contributed by atoms with E-state index in [0.717, 1.165) is 50.7 Å². The fourth-order valence-electron chi connectivity index (χ4n) is 3.65. The average Bonchev–Trinajstić information content (AvgIpc) is 2.84. The van der Waals surface area contributed by atoms with E-state index >= 15 is 0 Å². The molecule has 1 fully saturated rings. The van der Waals surface area contributed by atoms with Crippen LogP contribution in [0.1, 0.15) is 18.4 Å². The average molecular weight is 482 g/mol. The summed E-state index contributed by atoms with van der Waals surface area (Å²) >= 11 is 0. The number of rotatable bonds is 11. The lowest BCUT2D eigenvalue weighted by molar-refractivity contribution is -0.153. The summed E-state index contributed by atoms with van der Waals surface area (Å²) in [5.41, 5.74) is 0.784. The van der Waals surface area contributed by atoms with E-state index in [-0.39, 0.29) is 23.8 Å². The zero-order valence-electron chi connectivity index (χ0n) is 19.2. The third-order valence-electron chi connectivity index (χ3n) is 5.44. The predicted octanol–water partition coefficient (Wildman–Crippen LogP) is 2.69. The zero-order chi connectivity index (χ0) is 24.4. The molecule has 1 N–H and O–H groups in total. The first-order valence-electron chi connectivity index (χ1n) is 11.2. The third-order valence-corrected chi connectivity index (χ3v) is 5.44. The van der Waals surface area contributed by atoms with Gasteiger partial charge >= 0.3 is 6.18 Å². The van der Waals surface area contributed by atoms with Crippen LogP contribution in [0.4, 0.5) is 19.1 Å². The Balaban J connectivity index is 1.31. The van der Waals surface area contributed by atoms with Crippen molar-refractivity contribution in [3.63, 3.8) is 0 Å². The zero-order valence-corrected chi connectivity index (χ0v) is 19.2. The lowest BCUT2D eigenvalue weighted by atomic mass is 10.1. The molecule has 0 unspecified atom stereocenters. The number of anilines is 1. The number of nitrogens with one attached hydrogen (secondary N) is 1. The molecule has 1 aromatic heterocycles. The van der Waals surface area contributed by atoms with Gasteiger partial charge in [0.25, 0.3) is 0 Å². The number of nitrogens with zero attached hydrogens (tertiary/aromatic N) is 4. The minimum Gasteiger partial charge on any atom is -0.493 e. The van der Waals surface area contributed by atoms with Gasteiger partial charge in [-0.05, 0) is 43.1 Å². The molecule has 1 amide bonds. The second-order valence-corrected chi connectivity index (χ2v) is 7.97. The van der Waals surface area contributed by atoms with Gasteiger partial charge in [-0.25, -0.2) is 9.97 Å². The number of methoxy groups -OCH3 is 1. The van der Waals surface area contributed by atoms with Gasteiger partial charge in [0, 0.05) is 51.5 Å². The smallest absolute Gasteiger partial charge is 0.422 e. The summed E-state index contributed by atoms with van der Waals surface area (Å²) in [4.78, 5) is 25.3. The highest BCUT2D eigenvalue weighted by Crippen LogP contribution is 2.30. The second kappa shape index (κ2) is 12.4. The van der Waals surface area contributed by atoms with E-state index in [1.165, 1.54) is 13.2 Å². The monoisotopic (exact) mass is 481 g/mol. The van der Waals surface area contributed by atoms with E-state index in [0.29, 0.717) is 13.0 Å². The molecule has 11 heteroatoms. The summed E-state index contributed by atoms with van der Waals surface area (Å²) in [6.45, 7) is 3.71. The van der Waals surface area contributed by atoms with Gasteiger partial charge in [0.05, 0.1) is 7.11 Å². The minimum absolute atomic E-state index is 0.0187. The Hall–Kier alpha value is -3.08. The van der Waals surface area contributed by atoms with E-state index in [4.69, 9.17) is 9.47 Å². The summed E-state index contributed by atoms with van der Waals surface area (Å²) in [5.74, 6) is 0.921. The van der Waals surface area contributed by atoms with Crippen molar-refractivity contribution in [1.82, 2.24) is 20.2 Å². The maximum atomic E-state index is 12.4. The lowest BCUT2D eigenvalue weighted by Crippen LogP contribution is -2.47. The fraction of sp³-hybridized carbons (Fsp3) is 0.522. The number of hydrogen-bond acceptors (Lipinski definition) is 7. The van der Waals surface area contributed by atoms with Crippen LogP contribution in [-0.2, 0) is 11.2 Å². The molecule has 2 heterocycles. The van der Waals surface area contributed by atoms with Gasteiger partial charge in [0.2, 0.25) is 11.9 Å². The minimum atomic E-state index is -4.42. The molecule has 3 rings (SSSR count). The first-order chi connectivity index (χ1) is 16.3. The quantitative estimate of drug-likeness (QED) is 0.495. The van der Waals surface area contributed by atoms with E-state index < -0.39 is 12.8 Å². The normalized spacial score (nSPS) is 14.6. The molecule has 0 bridgehead atoms. The molecule has 0 radical (unpaired) electrons. The van der Waals surface area contributed by atoms with Crippen molar-refractivity contribution < 1.29 is 27.4 Å². The Kier molecular flexibility index (Phi) is 9.32. The summed E-state index contributed by atoms with van der Waals surface area (Å²) in [7, 11) is 1.36. The van der Waals surface area contributed by atoms with Crippen molar-refractivity contribution in [3.8, 4) is 11.5 Å². The highest BCUT2D eigenvalue weighted by molar-refractivity contribution is 5.76. The van der Waals surface area contributed by atoms with Crippen molar-refractivity contribution in [1.29, 1.82) is 0 Å². The molecule has 2 aromatic rings. The maximum absolute atomic E-state index is 12.4. The van der Waals surface area contributed by atoms with Gasteiger partial charge in [-0.15, -0.1) is 0 Å². The number of benzene rings is 1. The highest BCUT2D eigenvalue weighted by Gasteiger charge is 2.29. The standard InChI is InChI=1S/C23H30F3N5O3/c1-33-20-16-18(4-6-19(20)34-17-23(24,25)26)5-7-21(32)27-10-3-11-30-12-14-31(15-13-30)22-28-8-2-9-29-22/h2,4,6,8-9,16H,3,5,7,10-15,17H2,1H3,(H,27,32). The fourth-order valence-corrected chi connectivity index (χ4v) is 3.65. The number of hydrogen-bond donors (Lipinski definition) is 1. The van der Waals surface area contributed by atoms with Crippen molar-refractivity contribution >= 4 is 11.9 Å². The van der Waals surface area contributed by atoms with Gasteiger partial charge < -0.3 is 19.7 Å². The van der Waals surface area contributed by atoms with Gasteiger partial charge in [0.1, 0.15) is 0 Å². The molecule has 186 valence electrons. The van der Waals surface area contributed by atoms with E-state index in [2.05, 4.69) is 25.1 Å². The van der Waals surface area contributed by atoms with Crippen LogP contribution in [0.15, 0.2) is 36.7 Å². The molecule has 1 aliphatic rings. The number of aromatic nitrogens is 2. The SMILES string of the molecule is COc1cc(CCC(=O)NCCCN2CCN(c3ncccn3)CC2)ccc1OCC(F)(F)F. The number of alkyl halides is 3. The molecule has 0 aliphatic carbocycles. The van der Waals surface area contributed by atoms with Crippen molar-refractivity contribution in [2.75, 3.05) is 57.9 Å². The Bertz CT molecular complexity index is 906. The number of amides is 1. The summed E-state index contributed by atoms with van der Waals surface area (Å²) in [5, 5.41) is 2.93. The molecule has 1 aromatic carbocycles. The maximum Gasteiger partial charge on any atom is 0.422 e. The van der Waals surface area contributed by atoms with Crippen LogP contribution in [0.2, 0.25) is 0 Å². The molecule has 0 saturated carbocycles. The second-order valence-electron chi connectivity index (χ2n) is 7.97. The van der Waals surface area contributed by atoms with E-state index in [1.807, 2.05) is 0 Å².